The third-order valence-corrected chi connectivity index (χ3v) is 5.33. The van der Waals surface area contributed by atoms with Crippen LogP contribution in [0.4, 0.5) is 0 Å². The summed E-state index contributed by atoms with van der Waals surface area (Å²) in [7, 11) is 1.76. The topological polar surface area (TPSA) is 64.2 Å². The third-order valence-electron chi connectivity index (χ3n) is 3.85. The standard InChI is InChI=1S/C19H19BrN4O2S/c1-3-10-24-18(14-6-8-15(20)9-7-14)21-22-19(24)27-13-17(25)23(2)12-16-5-4-11-26-16/h3-9,11H,1,10,12-13H2,2H3. The molecule has 8 heteroatoms. The van der Waals surface area contributed by atoms with Crippen LogP contribution in [0.25, 0.3) is 11.4 Å². The Bertz CT molecular complexity index is 906. The van der Waals surface area contributed by atoms with Gasteiger partial charge >= 0.3 is 0 Å². The number of hydrogen-bond acceptors (Lipinski definition) is 5. The van der Waals surface area contributed by atoms with E-state index in [9.17, 15) is 4.79 Å². The molecule has 0 radical (unpaired) electrons. The van der Waals surface area contributed by atoms with Gasteiger partial charge in [0.2, 0.25) is 5.91 Å². The molecule has 0 unspecified atom stereocenters. The van der Waals surface area contributed by atoms with Crippen LogP contribution in [-0.4, -0.2) is 38.4 Å². The van der Waals surface area contributed by atoms with Gasteiger partial charge in [0.25, 0.3) is 0 Å². The number of allylic oxidation sites excluding steroid dienone is 1. The van der Waals surface area contributed by atoms with Gasteiger partial charge in [-0.2, -0.15) is 0 Å². The molecule has 0 N–H and O–H groups in total. The predicted molar refractivity (Wildman–Crippen MR) is 109 cm³/mol. The van der Waals surface area contributed by atoms with Crippen molar-refractivity contribution in [2.75, 3.05) is 12.8 Å². The Balaban J connectivity index is 1.70. The molecule has 0 saturated carbocycles. The maximum atomic E-state index is 12.4. The molecule has 3 aromatic rings. The van der Waals surface area contributed by atoms with Gasteiger partial charge in [0.15, 0.2) is 11.0 Å². The maximum Gasteiger partial charge on any atom is 0.233 e. The first-order valence-corrected chi connectivity index (χ1v) is 10.1. The van der Waals surface area contributed by atoms with Crippen LogP contribution >= 0.6 is 27.7 Å². The van der Waals surface area contributed by atoms with Crippen LogP contribution in [0.5, 0.6) is 0 Å². The van der Waals surface area contributed by atoms with Gasteiger partial charge in [-0.25, -0.2) is 0 Å². The van der Waals surface area contributed by atoms with Crippen LogP contribution in [0.2, 0.25) is 0 Å². The average Bonchev–Trinajstić information content (AvgIpc) is 3.31. The highest BCUT2D eigenvalue weighted by Gasteiger charge is 2.17. The molecule has 2 heterocycles. The van der Waals surface area contributed by atoms with Crippen molar-refractivity contribution in [1.29, 1.82) is 0 Å². The molecule has 0 bridgehead atoms. The van der Waals surface area contributed by atoms with E-state index < -0.39 is 0 Å². The van der Waals surface area contributed by atoms with E-state index in [1.807, 2.05) is 41.0 Å². The van der Waals surface area contributed by atoms with Gasteiger partial charge in [-0.1, -0.05) is 45.9 Å². The molecule has 27 heavy (non-hydrogen) atoms. The van der Waals surface area contributed by atoms with Crippen LogP contribution in [-0.2, 0) is 17.9 Å². The van der Waals surface area contributed by atoms with Gasteiger partial charge < -0.3 is 9.32 Å². The largest absolute Gasteiger partial charge is 0.467 e. The second kappa shape index (κ2) is 9.05. The Morgan fingerprint density at radius 2 is 2.11 bits per heavy atom. The Hall–Kier alpha value is -2.32. The molecule has 6 nitrogen and oxygen atoms in total. The van der Waals surface area contributed by atoms with E-state index in [0.717, 1.165) is 21.6 Å². The number of hydrogen-bond donors (Lipinski definition) is 0. The maximum absolute atomic E-state index is 12.4. The van der Waals surface area contributed by atoms with E-state index >= 15 is 0 Å². The number of benzene rings is 1. The second-order valence-electron chi connectivity index (χ2n) is 5.83. The van der Waals surface area contributed by atoms with Crippen molar-refractivity contribution in [2.45, 2.75) is 18.2 Å². The van der Waals surface area contributed by atoms with Crippen molar-refractivity contribution < 1.29 is 9.21 Å². The molecule has 3 rings (SSSR count). The zero-order valence-corrected chi connectivity index (χ0v) is 17.2. The van der Waals surface area contributed by atoms with Crippen molar-refractivity contribution in [3.63, 3.8) is 0 Å². The van der Waals surface area contributed by atoms with Crippen LogP contribution < -0.4 is 0 Å². The molecular weight excluding hydrogens is 428 g/mol. The number of rotatable bonds is 8. The van der Waals surface area contributed by atoms with E-state index in [1.165, 1.54) is 11.8 Å². The summed E-state index contributed by atoms with van der Waals surface area (Å²) in [5, 5.41) is 9.26. The van der Waals surface area contributed by atoms with E-state index in [4.69, 9.17) is 4.42 Å². The predicted octanol–water partition coefficient (Wildman–Crippen LogP) is 4.24. The van der Waals surface area contributed by atoms with Crippen LogP contribution in [0.1, 0.15) is 5.76 Å². The minimum Gasteiger partial charge on any atom is -0.467 e. The smallest absolute Gasteiger partial charge is 0.233 e. The number of carbonyl (C=O) groups is 1. The van der Waals surface area contributed by atoms with Gasteiger partial charge in [-0.3, -0.25) is 9.36 Å². The zero-order valence-electron chi connectivity index (χ0n) is 14.8. The fourth-order valence-corrected chi connectivity index (χ4v) is 3.62. The van der Waals surface area contributed by atoms with Gasteiger partial charge in [-0.15, -0.1) is 16.8 Å². The molecule has 1 aromatic carbocycles. The summed E-state index contributed by atoms with van der Waals surface area (Å²) in [6.45, 7) is 4.82. The number of furan rings is 1. The van der Waals surface area contributed by atoms with Crippen molar-refractivity contribution in [1.82, 2.24) is 19.7 Å². The van der Waals surface area contributed by atoms with Gasteiger partial charge in [-0.05, 0) is 24.3 Å². The lowest BCUT2D eigenvalue weighted by Crippen LogP contribution is -2.27. The highest BCUT2D eigenvalue weighted by Crippen LogP contribution is 2.25. The lowest BCUT2D eigenvalue weighted by atomic mass is 10.2. The Kier molecular flexibility index (Phi) is 6.52. The van der Waals surface area contributed by atoms with E-state index in [-0.39, 0.29) is 11.7 Å². The Morgan fingerprint density at radius 3 is 2.78 bits per heavy atom. The first kappa shape index (κ1) is 19.4. The third kappa shape index (κ3) is 4.90. The Labute approximate surface area is 170 Å². The fourth-order valence-electron chi connectivity index (χ4n) is 2.46. The fraction of sp³-hybridized carbons (Fsp3) is 0.211. The first-order chi connectivity index (χ1) is 13.1. The summed E-state index contributed by atoms with van der Waals surface area (Å²) in [5.74, 6) is 1.77. The quantitative estimate of drug-likeness (QED) is 0.382. The number of carbonyl (C=O) groups excluding carboxylic acids is 1. The summed E-state index contributed by atoms with van der Waals surface area (Å²) in [5.41, 5.74) is 0.959. The monoisotopic (exact) mass is 446 g/mol. The second-order valence-corrected chi connectivity index (χ2v) is 7.69. The molecular formula is C19H19BrN4O2S. The van der Waals surface area contributed by atoms with E-state index in [2.05, 4.69) is 32.7 Å². The van der Waals surface area contributed by atoms with Crippen molar-refractivity contribution in [3.8, 4) is 11.4 Å². The van der Waals surface area contributed by atoms with Gasteiger partial charge in [0.1, 0.15) is 5.76 Å². The van der Waals surface area contributed by atoms with E-state index in [1.54, 1.807) is 24.3 Å². The summed E-state index contributed by atoms with van der Waals surface area (Å²) in [6.07, 6.45) is 3.39. The zero-order chi connectivity index (χ0) is 19.2. The summed E-state index contributed by atoms with van der Waals surface area (Å²) >= 11 is 4.80. The normalized spacial score (nSPS) is 10.7. The molecule has 0 saturated heterocycles. The summed E-state index contributed by atoms with van der Waals surface area (Å²) in [4.78, 5) is 14.0. The molecule has 0 aliphatic carbocycles. The molecule has 140 valence electrons. The minimum atomic E-state index is -0.00487. The average molecular weight is 447 g/mol. The van der Waals surface area contributed by atoms with Crippen LogP contribution in [0.3, 0.4) is 0 Å². The minimum absolute atomic E-state index is 0.00487. The highest BCUT2D eigenvalue weighted by atomic mass is 79.9. The molecule has 2 aromatic heterocycles. The van der Waals surface area contributed by atoms with Gasteiger partial charge in [0.05, 0.1) is 18.6 Å². The number of nitrogens with zero attached hydrogens (tertiary/aromatic N) is 4. The summed E-state index contributed by atoms with van der Waals surface area (Å²) < 4.78 is 8.25. The number of thioether (sulfide) groups is 1. The molecule has 0 spiro atoms. The van der Waals surface area contributed by atoms with Crippen molar-refractivity contribution >= 4 is 33.6 Å². The van der Waals surface area contributed by atoms with Gasteiger partial charge in [0, 0.05) is 23.6 Å². The SMILES string of the molecule is C=CCn1c(SCC(=O)N(C)Cc2ccco2)nnc1-c1ccc(Br)cc1. The summed E-state index contributed by atoms with van der Waals surface area (Å²) in [6, 6.07) is 11.5. The molecule has 1 amide bonds. The Morgan fingerprint density at radius 1 is 1.33 bits per heavy atom. The molecule has 0 fully saturated rings. The van der Waals surface area contributed by atoms with Crippen molar-refractivity contribution in [2.24, 2.45) is 0 Å². The van der Waals surface area contributed by atoms with E-state index in [0.29, 0.717) is 18.2 Å². The molecule has 0 aliphatic rings. The molecule has 0 atom stereocenters. The van der Waals surface area contributed by atoms with Crippen LogP contribution in [0.15, 0.2) is 69.4 Å². The number of aromatic nitrogens is 3. The number of amides is 1. The lowest BCUT2D eigenvalue weighted by molar-refractivity contribution is -0.127. The van der Waals surface area contributed by atoms with Crippen molar-refractivity contribution in [3.05, 3.63) is 65.5 Å². The van der Waals surface area contributed by atoms with Crippen LogP contribution in [0, 0.1) is 0 Å². The first-order valence-electron chi connectivity index (χ1n) is 8.27. The lowest BCUT2D eigenvalue weighted by Gasteiger charge is -2.15. The number of halogens is 1. The molecule has 0 aliphatic heterocycles. The highest BCUT2D eigenvalue weighted by molar-refractivity contribution is 9.10.